The summed E-state index contributed by atoms with van der Waals surface area (Å²) >= 11 is 10.0. The van der Waals surface area contributed by atoms with Gasteiger partial charge >= 0.3 is 37.7 Å². The summed E-state index contributed by atoms with van der Waals surface area (Å²) in [5, 5.41) is 0. The Morgan fingerprint density at radius 1 is 1.17 bits per heavy atom. The van der Waals surface area contributed by atoms with Gasteiger partial charge in [-0.1, -0.05) is 18.8 Å². The van der Waals surface area contributed by atoms with Crippen molar-refractivity contribution in [3.63, 3.8) is 0 Å². The summed E-state index contributed by atoms with van der Waals surface area (Å²) in [6.07, 6.45) is 1.02. The Kier molecular flexibility index (Phi) is 17.7. The summed E-state index contributed by atoms with van der Waals surface area (Å²) in [5.74, 6) is 1.42. The van der Waals surface area contributed by atoms with Crippen LogP contribution in [0.15, 0.2) is 0 Å². The molecule has 1 nitrogen and oxygen atoms in total. The SMILES string of the molecule is CCC(C[S-])(C[S-])COC.[Li+].[Li+]. The van der Waals surface area contributed by atoms with Crippen molar-refractivity contribution >= 4 is 25.3 Å². The average Bonchev–Trinajstić information content (AvgIpc) is 2.01. The molecule has 0 rings (SSSR count). The Balaban J connectivity index is -0.000000405. The van der Waals surface area contributed by atoms with Gasteiger partial charge in [-0.3, -0.25) is 0 Å². The van der Waals surface area contributed by atoms with E-state index in [2.05, 4.69) is 6.92 Å². The van der Waals surface area contributed by atoms with Crippen molar-refractivity contribution in [3.8, 4) is 0 Å². The Bertz CT molecular complexity index is 81.2. The molecule has 0 unspecified atom stereocenters. The average molecular weight is 192 g/mol. The van der Waals surface area contributed by atoms with Crippen LogP contribution >= 0.6 is 0 Å². The van der Waals surface area contributed by atoms with Crippen LogP contribution in [0.5, 0.6) is 0 Å². The van der Waals surface area contributed by atoms with Gasteiger partial charge in [0.2, 0.25) is 0 Å². The van der Waals surface area contributed by atoms with E-state index in [1.807, 2.05) is 0 Å². The first-order chi connectivity index (χ1) is 4.74. The zero-order chi connectivity index (χ0) is 8.04. The summed E-state index contributed by atoms with van der Waals surface area (Å²) in [6, 6.07) is 0. The molecule has 0 bridgehead atoms. The molecule has 0 aliphatic heterocycles. The molecule has 0 atom stereocenters. The van der Waals surface area contributed by atoms with Gasteiger partial charge in [0.25, 0.3) is 0 Å². The third kappa shape index (κ3) is 6.33. The zero-order valence-electron chi connectivity index (χ0n) is 8.55. The van der Waals surface area contributed by atoms with E-state index in [1.54, 1.807) is 7.11 Å². The largest absolute Gasteiger partial charge is 1.00 e. The molecular weight excluding hydrogens is 178 g/mol. The van der Waals surface area contributed by atoms with Crippen LogP contribution in [0.4, 0.5) is 0 Å². The minimum Gasteiger partial charge on any atom is -0.792 e. The van der Waals surface area contributed by atoms with E-state index in [9.17, 15) is 0 Å². The summed E-state index contributed by atoms with van der Waals surface area (Å²) in [4.78, 5) is 0. The van der Waals surface area contributed by atoms with E-state index in [1.165, 1.54) is 0 Å². The number of methoxy groups -OCH3 is 1. The van der Waals surface area contributed by atoms with Gasteiger partial charge in [0.1, 0.15) is 0 Å². The smallest absolute Gasteiger partial charge is 0.792 e. The quantitative estimate of drug-likeness (QED) is 0.319. The maximum atomic E-state index is 5.05. The standard InChI is InChI=1S/C7H16OS2.2Li/c1-3-7(5-9,6-10)4-8-2;;/h9-10H,3-6H2,1-2H3;;/q;2*+1/p-2. The molecule has 0 aromatic rings. The zero-order valence-corrected chi connectivity index (χ0v) is 10.2. The normalized spacial score (nSPS) is 10.0. The molecular formula is C7H14Li2OS2. The maximum Gasteiger partial charge on any atom is 1.00 e. The van der Waals surface area contributed by atoms with Crippen molar-refractivity contribution < 1.29 is 42.5 Å². The van der Waals surface area contributed by atoms with Gasteiger partial charge in [0.15, 0.2) is 0 Å². The van der Waals surface area contributed by atoms with Crippen LogP contribution in [-0.4, -0.2) is 25.2 Å². The van der Waals surface area contributed by atoms with Gasteiger partial charge in [-0.15, -0.1) is 0 Å². The third-order valence-corrected chi connectivity index (χ3v) is 3.04. The molecule has 5 heteroatoms. The Morgan fingerprint density at radius 3 is 1.67 bits per heavy atom. The number of hydrogen-bond donors (Lipinski definition) is 0. The second-order valence-corrected chi connectivity index (χ2v) is 3.15. The van der Waals surface area contributed by atoms with Crippen LogP contribution in [0.1, 0.15) is 13.3 Å². The Labute approximate surface area is 111 Å². The molecule has 0 amide bonds. The van der Waals surface area contributed by atoms with Gasteiger partial charge in [0.05, 0.1) is 0 Å². The first-order valence-electron chi connectivity index (χ1n) is 3.40. The fourth-order valence-electron chi connectivity index (χ4n) is 0.737. The van der Waals surface area contributed by atoms with Crippen LogP contribution in [0.2, 0.25) is 0 Å². The fraction of sp³-hybridized carbons (Fsp3) is 1.00. The van der Waals surface area contributed by atoms with Crippen LogP contribution in [0.25, 0.3) is 0 Å². The summed E-state index contributed by atoms with van der Waals surface area (Å²) in [5.41, 5.74) is 0.0828. The van der Waals surface area contributed by atoms with Crippen molar-refractivity contribution in [2.45, 2.75) is 13.3 Å². The van der Waals surface area contributed by atoms with Crippen LogP contribution in [0, 0.1) is 5.41 Å². The van der Waals surface area contributed by atoms with Crippen molar-refractivity contribution in [2.24, 2.45) is 5.41 Å². The van der Waals surface area contributed by atoms with E-state index in [4.69, 9.17) is 30.0 Å². The topological polar surface area (TPSA) is 9.23 Å². The van der Waals surface area contributed by atoms with E-state index in [0.29, 0.717) is 18.1 Å². The molecule has 0 aromatic heterocycles. The molecule has 0 aliphatic rings. The van der Waals surface area contributed by atoms with Gasteiger partial charge in [-0.2, -0.15) is 11.5 Å². The van der Waals surface area contributed by atoms with Gasteiger partial charge in [-0.05, 0) is 0 Å². The van der Waals surface area contributed by atoms with Crippen LogP contribution < -0.4 is 37.7 Å². The predicted molar refractivity (Wildman–Crippen MR) is 49.1 cm³/mol. The predicted octanol–water partition coefficient (Wildman–Crippen LogP) is -4.87. The van der Waals surface area contributed by atoms with Gasteiger partial charge in [-0.25, -0.2) is 0 Å². The minimum absolute atomic E-state index is 0. The Hall–Kier alpha value is 1.85. The van der Waals surface area contributed by atoms with Crippen LogP contribution in [-0.2, 0) is 30.0 Å². The molecule has 12 heavy (non-hydrogen) atoms. The second-order valence-electron chi connectivity index (χ2n) is 2.58. The van der Waals surface area contributed by atoms with Gasteiger partial charge < -0.3 is 30.0 Å². The van der Waals surface area contributed by atoms with Crippen molar-refractivity contribution in [2.75, 3.05) is 25.2 Å². The summed E-state index contributed by atoms with van der Waals surface area (Å²) < 4.78 is 5.05. The molecule has 0 radical (unpaired) electrons. The monoisotopic (exact) mass is 192 g/mol. The number of ether oxygens (including phenoxy) is 1. The molecule has 0 fully saturated rings. The molecule has 0 aliphatic carbocycles. The van der Waals surface area contributed by atoms with Crippen molar-refractivity contribution in [1.29, 1.82) is 0 Å². The molecule has 0 saturated heterocycles. The van der Waals surface area contributed by atoms with E-state index in [0.717, 1.165) is 6.42 Å². The minimum atomic E-state index is 0. The van der Waals surface area contributed by atoms with Gasteiger partial charge in [0, 0.05) is 13.7 Å². The molecule has 62 valence electrons. The molecule has 0 spiro atoms. The van der Waals surface area contributed by atoms with E-state index in [-0.39, 0.29) is 43.1 Å². The number of rotatable bonds is 5. The van der Waals surface area contributed by atoms with Crippen molar-refractivity contribution in [3.05, 3.63) is 0 Å². The van der Waals surface area contributed by atoms with Crippen LogP contribution in [0.3, 0.4) is 0 Å². The first-order valence-corrected chi connectivity index (χ1v) is 4.55. The molecule has 0 heterocycles. The summed E-state index contributed by atoms with van der Waals surface area (Å²) in [7, 11) is 1.69. The van der Waals surface area contributed by atoms with E-state index < -0.39 is 0 Å². The summed E-state index contributed by atoms with van der Waals surface area (Å²) in [6.45, 7) is 2.81. The fourth-order valence-corrected chi connectivity index (χ4v) is 1.65. The first kappa shape index (κ1) is 19.4. The van der Waals surface area contributed by atoms with Crippen molar-refractivity contribution in [1.82, 2.24) is 0 Å². The molecule has 0 saturated carbocycles. The maximum absolute atomic E-state index is 5.05. The third-order valence-electron chi connectivity index (χ3n) is 1.81. The van der Waals surface area contributed by atoms with E-state index >= 15 is 0 Å². The molecule has 0 aromatic carbocycles. The second kappa shape index (κ2) is 10.9. The Morgan fingerprint density at radius 2 is 1.58 bits per heavy atom. The molecule has 0 N–H and O–H groups in total. The number of hydrogen-bond acceptors (Lipinski definition) is 3.